The number of amides is 1. The Hall–Kier alpha value is -2.04. The second-order valence-electron chi connectivity index (χ2n) is 3.91. The molecule has 2 N–H and O–H groups in total. The van der Waals surface area contributed by atoms with Gasteiger partial charge < -0.3 is 15.4 Å². The number of nitrogens with zero attached hydrogens (tertiary/aromatic N) is 1. The fourth-order valence-electron chi connectivity index (χ4n) is 1.59. The number of likely N-dealkylation sites (N-methyl/N-ethyl adjacent to an activating group) is 1. The van der Waals surface area contributed by atoms with Gasteiger partial charge in [-0.15, -0.1) is 0 Å². The highest BCUT2D eigenvalue weighted by Gasteiger charge is 2.16. The predicted octanol–water partition coefficient (Wildman–Crippen LogP) is 0.833. The fourth-order valence-corrected chi connectivity index (χ4v) is 1.59. The van der Waals surface area contributed by atoms with E-state index in [2.05, 4.69) is 4.74 Å². The Bertz CT molecular complexity index is 432. The molecule has 0 bridgehead atoms. The summed E-state index contributed by atoms with van der Waals surface area (Å²) in [5.41, 5.74) is 7.10. The van der Waals surface area contributed by atoms with Gasteiger partial charge in [0.15, 0.2) is 0 Å². The summed E-state index contributed by atoms with van der Waals surface area (Å²) < 4.78 is 4.55. The van der Waals surface area contributed by atoms with Gasteiger partial charge >= 0.3 is 5.97 Å². The highest BCUT2D eigenvalue weighted by atomic mass is 16.5. The maximum Gasteiger partial charge on any atom is 0.325 e. The number of nitrogen functional groups attached to an aromatic ring is 1. The van der Waals surface area contributed by atoms with Crippen LogP contribution in [-0.4, -0.2) is 37.0 Å². The maximum absolute atomic E-state index is 12.0. The lowest BCUT2D eigenvalue weighted by Gasteiger charge is -2.19. The molecule has 1 rings (SSSR count). The Morgan fingerprint density at radius 3 is 2.67 bits per heavy atom. The minimum Gasteiger partial charge on any atom is -0.468 e. The van der Waals surface area contributed by atoms with E-state index in [4.69, 9.17) is 5.73 Å². The molecule has 98 valence electrons. The fraction of sp³-hybridized carbons (Fsp3) is 0.385. The van der Waals surface area contributed by atoms with Gasteiger partial charge in [0.2, 0.25) is 5.91 Å². The molecule has 0 aliphatic heterocycles. The van der Waals surface area contributed by atoms with Crippen molar-refractivity contribution >= 4 is 17.6 Å². The number of benzene rings is 1. The van der Waals surface area contributed by atoms with E-state index in [0.717, 1.165) is 5.56 Å². The number of carbonyl (C=O) groups excluding carboxylic acids is 2. The smallest absolute Gasteiger partial charge is 0.325 e. The van der Waals surface area contributed by atoms with Crippen LogP contribution in [0.3, 0.4) is 0 Å². The van der Waals surface area contributed by atoms with E-state index >= 15 is 0 Å². The first-order valence-corrected chi connectivity index (χ1v) is 5.75. The van der Waals surface area contributed by atoms with Crippen LogP contribution in [-0.2, 0) is 20.7 Å². The van der Waals surface area contributed by atoms with Gasteiger partial charge in [-0.1, -0.05) is 12.1 Å². The van der Waals surface area contributed by atoms with Crippen LogP contribution in [0.25, 0.3) is 0 Å². The number of esters is 1. The lowest BCUT2D eigenvalue weighted by molar-refractivity contribution is -0.146. The number of methoxy groups -OCH3 is 1. The van der Waals surface area contributed by atoms with Crippen molar-refractivity contribution in [1.82, 2.24) is 4.90 Å². The van der Waals surface area contributed by atoms with Gasteiger partial charge in [0.1, 0.15) is 6.54 Å². The zero-order valence-corrected chi connectivity index (χ0v) is 10.7. The Kier molecular flexibility index (Phi) is 5.17. The van der Waals surface area contributed by atoms with Gasteiger partial charge in [0.25, 0.3) is 0 Å². The average molecular weight is 250 g/mol. The quantitative estimate of drug-likeness (QED) is 0.620. The van der Waals surface area contributed by atoms with Crippen LogP contribution >= 0.6 is 0 Å². The van der Waals surface area contributed by atoms with Gasteiger partial charge in [-0.05, 0) is 24.6 Å². The Morgan fingerprint density at radius 1 is 1.39 bits per heavy atom. The molecule has 0 saturated heterocycles. The highest BCUT2D eigenvalue weighted by molar-refractivity contribution is 5.83. The van der Waals surface area contributed by atoms with Crippen molar-refractivity contribution in [3.63, 3.8) is 0 Å². The molecule has 5 nitrogen and oxygen atoms in total. The monoisotopic (exact) mass is 250 g/mol. The van der Waals surface area contributed by atoms with Crippen LogP contribution in [0, 0.1) is 0 Å². The van der Waals surface area contributed by atoms with Crippen molar-refractivity contribution in [1.29, 1.82) is 0 Å². The SMILES string of the molecule is CCN(CC(=O)OC)C(=O)Cc1cccc(N)c1. The maximum atomic E-state index is 12.0. The number of nitrogens with two attached hydrogens (primary N) is 1. The van der Waals surface area contributed by atoms with Crippen molar-refractivity contribution in [2.45, 2.75) is 13.3 Å². The minimum atomic E-state index is -0.419. The molecule has 18 heavy (non-hydrogen) atoms. The summed E-state index contributed by atoms with van der Waals surface area (Å²) in [6, 6.07) is 7.15. The summed E-state index contributed by atoms with van der Waals surface area (Å²) in [5, 5.41) is 0. The molecule has 1 amide bonds. The van der Waals surface area contributed by atoms with Crippen molar-refractivity contribution in [3.05, 3.63) is 29.8 Å². The molecule has 5 heteroatoms. The molecule has 0 aliphatic carbocycles. The molecule has 1 aromatic carbocycles. The number of hydrogen-bond acceptors (Lipinski definition) is 4. The summed E-state index contributed by atoms with van der Waals surface area (Å²) in [7, 11) is 1.30. The van der Waals surface area contributed by atoms with Gasteiger partial charge in [-0.3, -0.25) is 9.59 Å². The normalized spacial score (nSPS) is 9.89. The Labute approximate surface area is 107 Å². The second-order valence-corrected chi connectivity index (χ2v) is 3.91. The van der Waals surface area contributed by atoms with E-state index in [9.17, 15) is 9.59 Å². The summed E-state index contributed by atoms with van der Waals surface area (Å²) >= 11 is 0. The van der Waals surface area contributed by atoms with Crippen molar-refractivity contribution in [3.8, 4) is 0 Å². The standard InChI is InChI=1S/C13H18N2O3/c1-3-15(9-13(17)18-2)12(16)8-10-5-4-6-11(14)7-10/h4-7H,3,8-9,14H2,1-2H3. The molecule has 1 aromatic rings. The van der Waals surface area contributed by atoms with Gasteiger partial charge in [0, 0.05) is 12.2 Å². The first kappa shape index (κ1) is 14.0. The zero-order valence-electron chi connectivity index (χ0n) is 10.7. The number of anilines is 1. The first-order chi connectivity index (χ1) is 8.56. The lowest BCUT2D eigenvalue weighted by atomic mass is 10.1. The zero-order chi connectivity index (χ0) is 13.5. The van der Waals surface area contributed by atoms with E-state index in [1.165, 1.54) is 12.0 Å². The summed E-state index contributed by atoms with van der Waals surface area (Å²) in [6.07, 6.45) is 0.232. The first-order valence-electron chi connectivity index (χ1n) is 5.75. The third-order valence-electron chi connectivity index (χ3n) is 2.59. The van der Waals surface area contributed by atoms with Crippen LogP contribution in [0.5, 0.6) is 0 Å². The van der Waals surface area contributed by atoms with Crippen LogP contribution in [0.2, 0.25) is 0 Å². The second kappa shape index (κ2) is 6.64. The van der Waals surface area contributed by atoms with E-state index in [0.29, 0.717) is 12.2 Å². The van der Waals surface area contributed by atoms with Crippen LogP contribution in [0.15, 0.2) is 24.3 Å². The highest BCUT2D eigenvalue weighted by Crippen LogP contribution is 2.08. The molecule has 0 aliphatic rings. The largest absolute Gasteiger partial charge is 0.468 e. The predicted molar refractivity (Wildman–Crippen MR) is 68.8 cm³/mol. The Morgan fingerprint density at radius 2 is 2.11 bits per heavy atom. The molecule has 0 heterocycles. The third-order valence-corrected chi connectivity index (χ3v) is 2.59. The minimum absolute atomic E-state index is 0.0197. The third kappa shape index (κ3) is 4.08. The van der Waals surface area contributed by atoms with Crippen molar-refractivity contribution in [2.24, 2.45) is 0 Å². The molecular formula is C13H18N2O3. The van der Waals surface area contributed by atoms with Gasteiger partial charge in [-0.2, -0.15) is 0 Å². The number of hydrogen-bond donors (Lipinski definition) is 1. The van der Waals surface area contributed by atoms with E-state index in [-0.39, 0.29) is 18.9 Å². The van der Waals surface area contributed by atoms with E-state index < -0.39 is 5.97 Å². The molecule has 0 fully saturated rings. The van der Waals surface area contributed by atoms with Crippen molar-refractivity contribution < 1.29 is 14.3 Å². The molecule has 0 unspecified atom stereocenters. The molecule has 0 radical (unpaired) electrons. The molecule has 0 aromatic heterocycles. The topological polar surface area (TPSA) is 72.6 Å². The lowest BCUT2D eigenvalue weighted by Crippen LogP contribution is -2.37. The molecule has 0 spiro atoms. The van der Waals surface area contributed by atoms with E-state index in [1.807, 2.05) is 13.0 Å². The molecular weight excluding hydrogens is 232 g/mol. The number of rotatable bonds is 5. The number of carbonyl (C=O) groups is 2. The van der Waals surface area contributed by atoms with Crippen LogP contribution in [0.4, 0.5) is 5.69 Å². The van der Waals surface area contributed by atoms with Crippen LogP contribution < -0.4 is 5.73 Å². The summed E-state index contributed by atoms with van der Waals surface area (Å²) in [5.74, 6) is -0.536. The summed E-state index contributed by atoms with van der Waals surface area (Å²) in [6.45, 7) is 2.27. The molecule has 0 atom stereocenters. The van der Waals surface area contributed by atoms with Gasteiger partial charge in [0.05, 0.1) is 13.5 Å². The van der Waals surface area contributed by atoms with Crippen molar-refractivity contribution in [2.75, 3.05) is 25.9 Å². The summed E-state index contributed by atoms with van der Waals surface area (Å²) in [4.78, 5) is 24.6. The average Bonchev–Trinajstić information content (AvgIpc) is 2.35. The molecule has 0 saturated carbocycles. The van der Waals surface area contributed by atoms with E-state index in [1.54, 1.807) is 18.2 Å². The van der Waals surface area contributed by atoms with Gasteiger partial charge in [-0.25, -0.2) is 0 Å². The van der Waals surface area contributed by atoms with Crippen LogP contribution in [0.1, 0.15) is 12.5 Å². The Balaban J connectivity index is 2.65. The number of ether oxygens (including phenoxy) is 1.